The second-order valence-electron chi connectivity index (χ2n) is 9.38. The number of pyridine rings is 1. The van der Waals surface area contributed by atoms with Crippen LogP contribution in [-0.4, -0.2) is 58.3 Å². The summed E-state index contributed by atoms with van der Waals surface area (Å²) in [7, 11) is 1.32. The van der Waals surface area contributed by atoms with Gasteiger partial charge in [0.15, 0.2) is 0 Å². The number of carbonyl (C=O) groups is 2. The van der Waals surface area contributed by atoms with Crippen molar-refractivity contribution in [3.63, 3.8) is 0 Å². The summed E-state index contributed by atoms with van der Waals surface area (Å²) >= 11 is 0. The molecule has 1 aliphatic heterocycles. The van der Waals surface area contributed by atoms with Crippen LogP contribution in [0.2, 0.25) is 0 Å². The Balaban J connectivity index is 1.25. The van der Waals surface area contributed by atoms with Crippen molar-refractivity contribution >= 4 is 33.8 Å². The van der Waals surface area contributed by atoms with E-state index in [1.54, 1.807) is 11.1 Å². The molecule has 186 valence electrons. The average molecular weight is 488 g/mol. The third-order valence-electron chi connectivity index (χ3n) is 7.03. The number of ether oxygens (including phenoxy) is 1. The number of H-pyrrole nitrogens is 2. The number of aryl methyl sites for hydroxylation is 1. The highest BCUT2D eigenvalue weighted by atomic mass is 16.5. The number of carbonyl (C=O) groups excluding carboxylic acids is 2. The fraction of sp³-hybridized carbons (Fsp3) is 0.333. The molecule has 1 atom stereocenters. The van der Waals surface area contributed by atoms with Crippen LogP contribution >= 0.6 is 0 Å². The standard InChI is InChI=1S/C27H29N5O4/c1-16-11-17(12-20-15-28-31-24(16)20)13-23(26(34)36-2)30-27(35)32-9-7-18(8-10-32)21-14-19-5-3-4-6-22(19)29-25(21)33/h3-6,11-12,14-15,18,23H,7-10,13H2,1-2H3,(H,28,31)(H,29,33)(H,30,35)/t23-/m1/s1. The second-order valence-corrected chi connectivity index (χ2v) is 9.38. The molecule has 0 spiro atoms. The zero-order chi connectivity index (χ0) is 25.2. The molecule has 1 fully saturated rings. The zero-order valence-corrected chi connectivity index (χ0v) is 20.3. The number of fused-ring (bicyclic) bond motifs is 2. The van der Waals surface area contributed by atoms with Crippen molar-refractivity contribution in [2.24, 2.45) is 0 Å². The first-order chi connectivity index (χ1) is 17.4. The molecular weight excluding hydrogens is 458 g/mol. The van der Waals surface area contributed by atoms with E-state index in [4.69, 9.17) is 4.74 Å². The summed E-state index contributed by atoms with van der Waals surface area (Å²) in [4.78, 5) is 42.9. The molecule has 1 saturated heterocycles. The maximum Gasteiger partial charge on any atom is 0.328 e. The molecule has 0 radical (unpaired) electrons. The van der Waals surface area contributed by atoms with Gasteiger partial charge in [0.05, 0.1) is 18.8 Å². The highest BCUT2D eigenvalue weighted by Crippen LogP contribution is 2.27. The number of aromatic amines is 2. The van der Waals surface area contributed by atoms with Crippen molar-refractivity contribution in [3.05, 3.63) is 75.7 Å². The number of amides is 2. The fourth-order valence-corrected chi connectivity index (χ4v) is 5.10. The van der Waals surface area contributed by atoms with E-state index in [-0.39, 0.29) is 17.5 Å². The van der Waals surface area contributed by atoms with Gasteiger partial charge in [-0.1, -0.05) is 24.3 Å². The molecule has 3 heterocycles. The Morgan fingerprint density at radius 1 is 1.17 bits per heavy atom. The monoisotopic (exact) mass is 487 g/mol. The maximum atomic E-state index is 13.1. The van der Waals surface area contributed by atoms with Crippen LogP contribution in [0.5, 0.6) is 0 Å². The third-order valence-corrected chi connectivity index (χ3v) is 7.03. The third kappa shape index (κ3) is 4.68. The average Bonchev–Trinajstić information content (AvgIpc) is 3.37. The number of benzene rings is 2. The first-order valence-corrected chi connectivity index (χ1v) is 12.1. The Labute approximate surface area is 207 Å². The van der Waals surface area contributed by atoms with E-state index in [0.29, 0.717) is 32.4 Å². The minimum atomic E-state index is -0.813. The second kappa shape index (κ2) is 9.85. The quantitative estimate of drug-likeness (QED) is 0.373. The number of nitrogens with zero attached hydrogens (tertiary/aromatic N) is 2. The van der Waals surface area contributed by atoms with E-state index in [1.165, 1.54) is 7.11 Å². The van der Waals surface area contributed by atoms with E-state index in [2.05, 4.69) is 20.5 Å². The normalized spacial score (nSPS) is 15.2. The summed E-state index contributed by atoms with van der Waals surface area (Å²) in [6, 6.07) is 12.5. The predicted octanol–water partition coefficient (Wildman–Crippen LogP) is 3.39. The van der Waals surface area contributed by atoms with Crippen LogP contribution in [0.1, 0.15) is 35.4 Å². The smallest absolute Gasteiger partial charge is 0.328 e. The molecule has 36 heavy (non-hydrogen) atoms. The number of para-hydroxylation sites is 1. The van der Waals surface area contributed by atoms with Gasteiger partial charge in [0.25, 0.3) is 5.56 Å². The summed E-state index contributed by atoms with van der Waals surface area (Å²) in [6.07, 6.45) is 3.40. The van der Waals surface area contributed by atoms with Gasteiger partial charge in [-0.15, -0.1) is 0 Å². The van der Waals surface area contributed by atoms with E-state index < -0.39 is 12.0 Å². The molecule has 1 aliphatic rings. The van der Waals surface area contributed by atoms with Crippen LogP contribution in [-0.2, 0) is 16.0 Å². The van der Waals surface area contributed by atoms with Crippen LogP contribution in [0.25, 0.3) is 21.8 Å². The van der Waals surface area contributed by atoms with Gasteiger partial charge in [-0.05, 0) is 60.4 Å². The molecular formula is C27H29N5O4. The van der Waals surface area contributed by atoms with Crippen molar-refractivity contribution in [2.45, 2.75) is 38.1 Å². The molecule has 2 aromatic heterocycles. The van der Waals surface area contributed by atoms with Crippen LogP contribution in [0.15, 0.2) is 53.5 Å². The molecule has 0 aliphatic carbocycles. The molecule has 9 nitrogen and oxygen atoms in total. The lowest BCUT2D eigenvalue weighted by atomic mass is 9.89. The Hall–Kier alpha value is -4.14. The molecule has 3 N–H and O–H groups in total. The van der Waals surface area contributed by atoms with Gasteiger partial charge in [0, 0.05) is 36.0 Å². The van der Waals surface area contributed by atoms with Crippen LogP contribution in [0.4, 0.5) is 4.79 Å². The number of esters is 1. The number of methoxy groups -OCH3 is 1. The molecule has 2 aromatic carbocycles. The number of aromatic nitrogens is 3. The first-order valence-electron chi connectivity index (χ1n) is 12.1. The molecule has 9 heteroatoms. The Morgan fingerprint density at radius 3 is 2.72 bits per heavy atom. The van der Waals surface area contributed by atoms with Gasteiger partial charge in [-0.3, -0.25) is 9.89 Å². The largest absolute Gasteiger partial charge is 0.467 e. The van der Waals surface area contributed by atoms with Gasteiger partial charge in [0.1, 0.15) is 6.04 Å². The number of likely N-dealkylation sites (tertiary alicyclic amines) is 1. The molecule has 0 bridgehead atoms. The van der Waals surface area contributed by atoms with Crippen LogP contribution < -0.4 is 10.9 Å². The van der Waals surface area contributed by atoms with E-state index in [9.17, 15) is 14.4 Å². The molecule has 0 saturated carbocycles. The van der Waals surface area contributed by atoms with Crippen molar-refractivity contribution in [1.82, 2.24) is 25.4 Å². The Kier molecular flexibility index (Phi) is 6.45. The van der Waals surface area contributed by atoms with Crippen LogP contribution in [0, 0.1) is 6.92 Å². The van der Waals surface area contributed by atoms with E-state index >= 15 is 0 Å². The Bertz CT molecular complexity index is 1480. The maximum absolute atomic E-state index is 13.1. The zero-order valence-electron chi connectivity index (χ0n) is 20.3. The van der Waals surface area contributed by atoms with Crippen molar-refractivity contribution < 1.29 is 14.3 Å². The van der Waals surface area contributed by atoms with Gasteiger partial charge in [-0.2, -0.15) is 5.10 Å². The highest BCUT2D eigenvalue weighted by molar-refractivity contribution is 5.85. The van der Waals surface area contributed by atoms with Gasteiger partial charge in [0.2, 0.25) is 0 Å². The summed E-state index contributed by atoms with van der Waals surface area (Å²) in [6.45, 7) is 2.97. The number of hydrogen-bond donors (Lipinski definition) is 3. The lowest BCUT2D eigenvalue weighted by Gasteiger charge is -2.33. The summed E-state index contributed by atoms with van der Waals surface area (Å²) in [5.41, 5.74) is 4.37. The topological polar surface area (TPSA) is 120 Å². The minimum absolute atomic E-state index is 0.0727. The lowest BCUT2D eigenvalue weighted by molar-refractivity contribution is -0.142. The number of piperidine rings is 1. The SMILES string of the molecule is COC(=O)[C@@H](Cc1cc(C)c2[nH]ncc2c1)NC(=O)N1CCC(c2cc3ccccc3[nH]c2=O)CC1. The lowest BCUT2D eigenvalue weighted by Crippen LogP contribution is -2.51. The highest BCUT2D eigenvalue weighted by Gasteiger charge is 2.29. The van der Waals surface area contributed by atoms with Crippen molar-refractivity contribution in [2.75, 3.05) is 20.2 Å². The van der Waals surface area contributed by atoms with Gasteiger partial charge < -0.3 is 19.9 Å². The molecule has 0 unspecified atom stereocenters. The molecule has 2 amide bonds. The molecule has 4 aromatic rings. The van der Waals surface area contributed by atoms with E-state index in [0.717, 1.165) is 38.5 Å². The Morgan fingerprint density at radius 2 is 1.94 bits per heavy atom. The molecule has 5 rings (SSSR count). The van der Waals surface area contributed by atoms with Crippen molar-refractivity contribution in [3.8, 4) is 0 Å². The van der Waals surface area contributed by atoms with Gasteiger partial charge in [-0.25, -0.2) is 9.59 Å². The summed E-state index contributed by atoms with van der Waals surface area (Å²) in [5.74, 6) is -0.422. The number of hydrogen-bond acceptors (Lipinski definition) is 5. The van der Waals surface area contributed by atoms with Gasteiger partial charge >= 0.3 is 12.0 Å². The van der Waals surface area contributed by atoms with Crippen molar-refractivity contribution in [1.29, 1.82) is 0 Å². The van der Waals surface area contributed by atoms with Crippen LogP contribution in [0.3, 0.4) is 0 Å². The first kappa shape index (κ1) is 23.6. The number of urea groups is 1. The number of rotatable bonds is 5. The summed E-state index contributed by atoms with van der Waals surface area (Å²) < 4.78 is 4.97. The minimum Gasteiger partial charge on any atom is -0.467 e. The number of nitrogens with one attached hydrogen (secondary N) is 3. The van der Waals surface area contributed by atoms with E-state index in [1.807, 2.05) is 49.4 Å². The summed E-state index contributed by atoms with van der Waals surface area (Å²) in [5, 5.41) is 11.8. The fourth-order valence-electron chi connectivity index (χ4n) is 5.10. The predicted molar refractivity (Wildman–Crippen MR) is 137 cm³/mol.